The number of anilines is 1. The smallest absolute Gasteiger partial charge is 0.227 e. The van der Waals surface area contributed by atoms with Crippen molar-refractivity contribution in [2.75, 3.05) is 18.6 Å². The number of nitrogens with zero attached hydrogens (tertiary/aromatic N) is 2. The van der Waals surface area contributed by atoms with E-state index < -0.39 is 6.04 Å². The van der Waals surface area contributed by atoms with Crippen LogP contribution in [0.15, 0.2) is 72.8 Å². The fourth-order valence-electron chi connectivity index (χ4n) is 5.08. The number of amides is 2. The average Bonchev–Trinajstić information content (AvgIpc) is 3.34. The Morgan fingerprint density at radius 3 is 2.57 bits per heavy atom. The monoisotopic (exact) mass is 496 g/mol. The van der Waals surface area contributed by atoms with E-state index in [1.54, 1.807) is 12.0 Å². The van der Waals surface area contributed by atoms with Crippen LogP contribution in [0, 0.1) is 12.8 Å². The molecule has 1 aromatic heterocycles. The minimum atomic E-state index is -0.398. The molecule has 2 N–H and O–H groups in total. The molecule has 2 atom stereocenters. The molecule has 3 aromatic carbocycles. The summed E-state index contributed by atoms with van der Waals surface area (Å²) in [4.78, 5) is 36.5. The van der Waals surface area contributed by atoms with E-state index >= 15 is 0 Å². The fourth-order valence-corrected chi connectivity index (χ4v) is 5.08. The summed E-state index contributed by atoms with van der Waals surface area (Å²) >= 11 is 0. The number of aromatic nitrogens is 2. The van der Waals surface area contributed by atoms with Crippen LogP contribution in [0.1, 0.15) is 42.3 Å². The predicted octanol–water partition coefficient (Wildman–Crippen LogP) is 5.11. The number of carbonyl (C=O) groups is 2. The first-order valence-electron chi connectivity index (χ1n) is 12.8. The lowest BCUT2D eigenvalue weighted by Crippen LogP contribution is -2.48. The summed E-state index contributed by atoms with van der Waals surface area (Å²) in [5.74, 6) is 1.28. The average molecular weight is 497 g/mol. The van der Waals surface area contributed by atoms with Gasteiger partial charge in [0.2, 0.25) is 11.8 Å². The summed E-state index contributed by atoms with van der Waals surface area (Å²) in [5.41, 5.74) is 4.81. The van der Waals surface area contributed by atoms with E-state index in [1.807, 2.05) is 79.7 Å². The highest BCUT2D eigenvalue weighted by atomic mass is 16.5. The quantitative estimate of drug-likeness (QED) is 0.332. The summed E-state index contributed by atoms with van der Waals surface area (Å²) in [5, 5.41) is 3.13. The zero-order chi connectivity index (χ0) is 25.8. The van der Waals surface area contributed by atoms with E-state index in [1.165, 1.54) is 0 Å². The first-order valence-corrected chi connectivity index (χ1v) is 12.8. The number of imidazole rings is 1. The van der Waals surface area contributed by atoms with E-state index in [9.17, 15) is 9.59 Å². The Balaban J connectivity index is 1.32. The lowest BCUT2D eigenvalue weighted by Gasteiger charge is -2.41. The van der Waals surface area contributed by atoms with E-state index in [0.29, 0.717) is 19.4 Å². The van der Waals surface area contributed by atoms with Crippen molar-refractivity contribution >= 4 is 28.5 Å². The van der Waals surface area contributed by atoms with Crippen molar-refractivity contribution in [3.05, 3.63) is 89.7 Å². The van der Waals surface area contributed by atoms with Gasteiger partial charge in [0.05, 0.1) is 30.1 Å². The number of hydrogen-bond donors (Lipinski definition) is 2. The first kappa shape index (κ1) is 24.6. The molecule has 1 saturated heterocycles. The number of H-pyrrole nitrogens is 1. The highest BCUT2D eigenvalue weighted by Crippen LogP contribution is 2.40. The number of rotatable bonds is 8. The number of aromatic amines is 1. The number of fused-ring (bicyclic) bond motifs is 1. The van der Waals surface area contributed by atoms with Crippen molar-refractivity contribution in [2.45, 2.75) is 38.6 Å². The van der Waals surface area contributed by atoms with Crippen LogP contribution in [-0.2, 0) is 16.0 Å². The maximum absolute atomic E-state index is 13.5. The Bertz CT molecular complexity index is 1350. The fraction of sp³-hybridized carbons (Fsp3) is 0.300. The van der Waals surface area contributed by atoms with Crippen molar-refractivity contribution in [3.8, 4) is 5.75 Å². The number of hydrogen-bond acceptors (Lipinski definition) is 4. The van der Waals surface area contributed by atoms with Crippen LogP contribution in [-0.4, -0.2) is 35.4 Å². The first-order chi connectivity index (χ1) is 18.0. The summed E-state index contributed by atoms with van der Waals surface area (Å²) in [6.07, 6.45) is 2.35. The number of para-hydroxylation sites is 2. The van der Waals surface area contributed by atoms with Crippen LogP contribution in [0.2, 0.25) is 0 Å². The van der Waals surface area contributed by atoms with Crippen LogP contribution in [0.4, 0.5) is 5.69 Å². The van der Waals surface area contributed by atoms with Gasteiger partial charge in [0.1, 0.15) is 11.6 Å². The van der Waals surface area contributed by atoms with Gasteiger partial charge in [-0.05, 0) is 61.7 Å². The van der Waals surface area contributed by atoms with Crippen LogP contribution in [0.5, 0.6) is 5.75 Å². The van der Waals surface area contributed by atoms with Gasteiger partial charge in [-0.1, -0.05) is 42.0 Å². The molecule has 4 aromatic rings. The molecule has 2 heterocycles. The van der Waals surface area contributed by atoms with Gasteiger partial charge < -0.3 is 19.9 Å². The van der Waals surface area contributed by atoms with E-state index in [4.69, 9.17) is 4.74 Å². The number of piperidine rings is 1. The lowest BCUT2D eigenvalue weighted by atomic mass is 9.83. The standard InChI is InChI=1S/C30H32N4O3/c1-20-9-13-22(14-10-20)34-28(35)18-17-24(29(34)21-11-15-23(37-2)16-12-21)30(36)31-19-5-8-27-32-25-6-3-4-7-26(25)33-27/h3-4,6-7,9-16,24,29H,5,8,17-19H2,1-2H3,(H,31,36)(H,32,33). The molecule has 7 heteroatoms. The van der Waals surface area contributed by atoms with Crippen molar-refractivity contribution in [2.24, 2.45) is 5.92 Å². The summed E-state index contributed by atoms with van der Waals surface area (Å²) in [6, 6.07) is 23.1. The van der Waals surface area contributed by atoms with Crippen molar-refractivity contribution in [3.63, 3.8) is 0 Å². The molecule has 1 aliphatic heterocycles. The molecule has 5 rings (SSSR count). The highest BCUT2D eigenvalue weighted by Gasteiger charge is 2.41. The molecule has 37 heavy (non-hydrogen) atoms. The van der Waals surface area contributed by atoms with Gasteiger partial charge in [-0.3, -0.25) is 9.59 Å². The molecule has 190 valence electrons. The SMILES string of the molecule is COc1ccc(C2C(C(=O)NCCCc3nc4ccccc4[nH]3)CCC(=O)N2c2ccc(C)cc2)cc1. The summed E-state index contributed by atoms with van der Waals surface area (Å²) in [7, 11) is 1.62. The topological polar surface area (TPSA) is 87.3 Å². The second-order valence-corrected chi connectivity index (χ2v) is 9.56. The maximum Gasteiger partial charge on any atom is 0.227 e. The Hall–Kier alpha value is -4.13. The summed E-state index contributed by atoms with van der Waals surface area (Å²) in [6.45, 7) is 2.56. The van der Waals surface area contributed by atoms with Gasteiger partial charge in [-0.15, -0.1) is 0 Å². The molecule has 2 amide bonds. The minimum Gasteiger partial charge on any atom is -0.497 e. The maximum atomic E-state index is 13.5. The second kappa shape index (κ2) is 10.9. The molecular weight excluding hydrogens is 464 g/mol. The van der Waals surface area contributed by atoms with Crippen LogP contribution < -0.4 is 15.0 Å². The van der Waals surface area contributed by atoms with Gasteiger partial charge >= 0.3 is 0 Å². The van der Waals surface area contributed by atoms with Crippen molar-refractivity contribution in [1.29, 1.82) is 0 Å². The normalized spacial score (nSPS) is 17.7. The Labute approximate surface area is 216 Å². The van der Waals surface area contributed by atoms with Gasteiger partial charge in [0.15, 0.2) is 0 Å². The number of ether oxygens (including phenoxy) is 1. The highest BCUT2D eigenvalue weighted by molar-refractivity contribution is 5.97. The molecule has 0 aliphatic carbocycles. The second-order valence-electron chi connectivity index (χ2n) is 9.56. The lowest BCUT2D eigenvalue weighted by molar-refractivity contribution is -0.129. The third kappa shape index (κ3) is 5.35. The molecule has 2 unspecified atom stereocenters. The van der Waals surface area contributed by atoms with Crippen LogP contribution in [0.25, 0.3) is 11.0 Å². The van der Waals surface area contributed by atoms with Crippen LogP contribution in [0.3, 0.4) is 0 Å². The number of aryl methyl sites for hydroxylation is 2. The number of methoxy groups -OCH3 is 1. The molecule has 7 nitrogen and oxygen atoms in total. The van der Waals surface area contributed by atoms with Gasteiger partial charge in [0, 0.05) is 25.1 Å². The van der Waals surface area contributed by atoms with Gasteiger partial charge in [-0.2, -0.15) is 0 Å². The number of nitrogens with one attached hydrogen (secondary N) is 2. The predicted molar refractivity (Wildman–Crippen MR) is 145 cm³/mol. The summed E-state index contributed by atoms with van der Waals surface area (Å²) < 4.78 is 5.33. The number of carbonyl (C=O) groups excluding carboxylic acids is 2. The molecule has 0 bridgehead atoms. The molecular formula is C30H32N4O3. The zero-order valence-electron chi connectivity index (χ0n) is 21.2. The Kier molecular flexibility index (Phi) is 7.21. The molecule has 0 saturated carbocycles. The largest absolute Gasteiger partial charge is 0.497 e. The van der Waals surface area contributed by atoms with E-state index in [0.717, 1.165) is 52.3 Å². The van der Waals surface area contributed by atoms with Gasteiger partial charge in [-0.25, -0.2) is 4.98 Å². The van der Waals surface area contributed by atoms with Crippen LogP contribution >= 0.6 is 0 Å². The molecule has 0 spiro atoms. The molecule has 1 aliphatic rings. The van der Waals surface area contributed by atoms with E-state index in [2.05, 4.69) is 15.3 Å². The Morgan fingerprint density at radius 1 is 1.08 bits per heavy atom. The zero-order valence-corrected chi connectivity index (χ0v) is 21.2. The van der Waals surface area contributed by atoms with Crippen molar-refractivity contribution in [1.82, 2.24) is 15.3 Å². The minimum absolute atomic E-state index is 0.0265. The van der Waals surface area contributed by atoms with Crippen molar-refractivity contribution < 1.29 is 14.3 Å². The third-order valence-corrected chi connectivity index (χ3v) is 7.03. The number of benzene rings is 3. The molecule has 1 fully saturated rings. The molecule has 0 radical (unpaired) electrons. The van der Waals surface area contributed by atoms with Gasteiger partial charge in [0.25, 0.3) is 0 Å². The Morgan fingerprint density at radius 2 is 1.84 bits per heavy atom. The third-order valence-electron chi connectivity index (χ3n) is 7.03. The van der Waals surface area contributed by atoms with E-state index in [-0.39, 0.29) is 17.7 Å².